The highest BCUT2D eigenvalue weighted by Gasteiger charge is 2.40. The number of alkyl halides is 2. The fraction of sp³-hybridized carbons (Fsp3) is 0.222. The van der Waals surface area contributed by atoms with E-state index in [0.717, 1.165) is 23.6 Å². The topological polar surface area (TPSA) is 9.23 Å². The molecule has 108 valence electrons. The molecule has 0 spiro atoms. The van der Waals surface area contributed by atoms with Gasteiger partial charge in [-0.15, -0.1) is 0 Å². The van der Waals surface area contributed by atoms with Crippen LogP contribution in [0.3, 0.4) is 0 Å². The maximum atomic E-state index is 13.6. The van der Waals surface area contributed by atoms with Crippen molar-refractivity contribution >= 4 is 0 Å². The number of rotatable bonds is 4. The first kappa shape index (κ1) is 14.0. The van der Waals surface area contributed by atoms with Gasteiger partial charge in [0.1, 0.15) is 6.10 Å². The van der Waals surface area contributed by atoms with Crippen LogP contribution in [0, 0.1) is 0 Å². The molecule has 21 heavy (non-hydrogen) atoms. The summed E-state index contributed by atoms with van der Waals surface area (Å²) in [6, 6.07) is 19.1. The summed E-state index contributed by atoms with van der Waals surface area (Å²) in [6.45, 7) is 0. The fourth-order valence-electron chi connectivity index (χ4n) is 2.60. The summed E-state index contributed by atoms with van der Waals surface area (Å²) < 4.78 is 32.0. The molecule has 1 aliphatic heterocycles. The molecule has 0 bridgehead atoms. The van der Waals surface area contributed by atoms with Crippen molar-refractivity contribution in [1.29, 1.82) is 0 Å². The molecule has 2 aromatic carbocycles. The van der Waals surface area contributed by atoms with Crippen molar-refractivity contribution in [2.45, 2.75) is 25.1 Å². The van der Waals surface area contributed by atoms with Gasteiger partial charge in [-0.05, 0) is 29.5 Å². The third-order valence-electron chi connectivity index (χ3n) is 3.61. The molecule has 3 rings (SSSR count). The van der Waals surface area contributed by atoms with Crippen LogP contribution in [0.5, 0.6) is 0 Å². The summed E-state index contributed by atoms with van der Waals surface area (Å²) in [5.74, 6) is 0. The molecule has 1 unspecified atom stereocenters. The predicted molar refractivity (Wildman–Crippen MR) is 78.1 cm³/mol. The van der Waals surface area contributed by atoms with E-state index in [0.29, 0.717) is 12.0 Å². The van der Waals surface area contributed by atoms with Crippen molar-refractivity contribution in [1.82, 2.24) is 0 Å². The molecule has 3 heteroatoms. The lowest BCUT2D eigenvalue weighted by atomic mass is 9.96. The Morgan fingerprint density at radius 3 is 2.14 bits per heavy atom. The van der Waals surface area contributed by atoms with Crippen molar-refractivity contribution in [2.75, 3.05) is 0 Å². The van der Waals surface area contributed by atoms with Gasteiger partial charge in [-0.3, -0.25) is 0 Å². The van der Waals surface area contributed by atoms with E-state index >= 15 is 0 Å². The summed E-state index contributed by atoms with van der Waals surface area (Å²) in [5.41, 5.74) is 2.56. The van der Waals surface area contributed by atoms with Gasteiger partial charge in [0.05, 0.1) is 0 Å². The molecule has 1 aliphatic rings. The lowest BCUT2D eigenvalue weighted by Gasteiger charge is -2.16. The van der Waals surface area contributed by atoms with Crippen LogP contribution in [0.1, 0.15) is 23.7 Å². The van der Waals surface area contributed by atoms with Crippen LogP contribution in [-0.2, 0) is 11.2 Å². The minimum absolute atomic E-state index is 0.569. The van der Waals surface area contributed by atoms with Gasteiger partial charge in [0.15, 0.2) is 0 Å². The van der Waals surface area contributed by atoms with E-state index in [2.05, 4.69) is 0 Å². The number of benzene rings is 2. The van der Waals surface area contributed by atoms with Crippen molar-refractivity contribution in [3.63, 3.8) is 0 Å². The van der Waals surface area contributed by atoms with Gasteiger partial charge in [0, 0.05) is 6.08 Å². The van der Waals surface area contributed by atoms with Crippen LogP contribution in [0.25, 0.3) is 0 Å². The van der Waals surface area contributed by atoms with Crippen LogP contribution in [0.15, 0.2) is 72.3 Å². The summed E-state index contributed by atoms with van der Waals surface area (Å²) in [6.07, 6.45) is -1.56. The number of hydrogen-bond donors (Lipinski definition) is 0. The van der Waals surface area contributed by atoms with Crippen molar-refractivity contribution in [3.05, 3.63) is 83.4 Å². The van der Waals surface area contributed by atoms with Crippen LogP contribution in [0.4, 0.5) is 8.78 Å². The normalized spacial score (nSPS) is 20.3. The SMILES string of the molecule is FC1(F)C=C(CCc2ccccc2)C(c2ccccc2)O1. The molecule has 1 nitrogen and oxygen atoms in total. The van der Waals surface area contributed by atoms with Crippen molar-refractivity contribution in [3.8, 4) is 0 Å². The zero-order valence-electron chi connectivity index (χ0n) is 11.5. The third-order valence-corrected chi connectivity index (χ3v) is 3.61. The minimum Gasteiger partial charge on any atom is -0.304 e. The van der Waals surface area contributed by atoms with Crippen molar-refractivity contribution < 1.29 is 13.5 Å². The van der Waals surface area contributed by atoms with Crippen LogP contribution in [-0.4, -0.2) is 6.11 Å². The van der Waals surface area contributed by atoms with Crippen molar-refractivity contribution in [2.24, 2.45) is 0 Å². The molecule has 0 amide bonds. The second-order valence-corrected chi connectivity index (χ2v) is 5.18. The number of aryl methyl sites for hydroxylation is 1. The van der Waals surface area contributed by atoms with Gasteiger partial charge >= 0.3 is 6.11 Å². The van der Waals surface area contributed by atoms with E-state index in [1.165, 1.54) is 0 Å². The Morgan fingerprint density at radius 2 is 1.48 bits per heavy atom. The quantitative estimate of drug-likeness (QED) is 0.726. The highest BCUT2D eigenvalue weighted by molar-refractivity contribution is 5.31. The smallest absolute Gasteiger partial charge is 0.304 e. The molecule has 0 saturated carbocycles. The zero-order chi connectivity index (χ0) is 14.7. The van der Waals surface area contributed by atoms with E-state index in [4.69, 9.17) is 4.74 Å². The first-order valence-electron chi connectivity index (χ1n) is 7.00. The Labute approximate surface area is 122 Å². The first-order valence-corrected chi connectivity index (χ1v) is 7.00. The molecular formula is C18H16F2O. The second-order valence-electron chi connectivity index (χ2n) is 5.18. The fourth-order valence-corrected chi connectivity index (χ4v) is 2.60. The second kappa shape index (κ2) is 5.78. The predicted octanol–water partition coefficient (Wildman–Crippen LogP) is 4.91. The Kier molecular flexibility index (Phi) is 3.84. The van der Waals surface area contributed by atoms with Crippen LogP contribution < -0.4 is 0 Å². The van der Waals surface area contributed by atoms with E-state index < -0.39 is 12.2 Å². The largest absolute Gasteiger partial charge is 0.377 e. The van der Waals surface area contributed by atoms with Gasteiger partial charge < -0.3 is 4.74 Å². The molecule has 0 fully saturated rings. The molecule has 2 aromatic rings. The lowest BCUT2D eigenvalue weighted by molar-refractivity contribution is -0.206. The molecule has 0 N–H and O–H groups in total. The highest BCUT2D eigenvalue weighted by atomic mass is 19.3. The standard InChI is InChI=1S/C18H16F2O/c19-18(20)13-16(12-11-14-7-3-1-4-8-14)17(21-18)15-9-5-2-6-10-15/h1-10,13,17H,11-12H2. The molecule has 0 aliphatic carbocycles. The van der Waals surface area contributed by atoms with Gasteiger partial charge in [-0.1, -0.05) is 60.7 Å². The average Bonchev–Trinajstić information content (AvgIpc) is 2.82. The first-order chi connectivity index (χ1) is 10.1. The molecular weight excluding hydrogens is 270 g/mol. The molecule has 1 atom stereocenters. The highest BCUT2D eigenvalue weighted by Crippen LogP contribution is 2.42. The van der Waals surface area contributed by atoms with E-state index in [1.54, 1.807) is 0 Å². The maximum absolute atomic E-state index is 13.6. The monoisotopic (exact) mass is 286 g/mol. The maximum Gasteiger partial charge on any atom is 0.377 e. The molecule has 0 aromatic heterocycles. The molecule has 0 radical (unpaired) electrons. The van der Waals surface area contributed by atoms with Gasteiger partial charge in [0.2, 0.25) is 0 Å². The Bertz CT molecular complexity index is 620. The lowest BCUT2D eigenvalue weighted by Crippen LogP contribution is -2.14. The summed E-state index contributed by atoms with van der Waals surface area (Å²) >= 11 is 0. The Morgan fingerprint density at radius 1 is 0.857 bits per heavy atom. The Balaban J connectivity index is 1.77. The van der Waals surface area contributed by atoms with Gasteiger partial charge in [-0.2, -0.15) is 8.78 Å². The number of ether oxygens (including phenoxy) is 1. The summed E-state index contributed by atoms with van der Waals surface area (Å²) in [5, 5.41) is 0. The van der Waals surface area contributed by atoms with E-state index in [1.807, 2.05) is 60.7 Å². The van der Waals surface area contributed by atoms with Crippen LogP contribution >= 0.6 is 0 Å². The summed E-state index contributed by atoms with van der Waals surface area (Å²) in [4.78, 5) is 0. The molecule has 0 saturated heterocycles. The van der Waals surface area contributed by atoms with E-state index in [9.17, 15) is 8.78 Å². The van der Waals surface area contributed by atoms with E-state index in [-0.39, 0.29) is 0 Å². The van der Waals surface area contributed by atoms with Gasteiger partial charge in [0.25, 0.3) is 0 Å². The summed E-state index contributed by atoms with van der Waals surface area (Å²) in [7, 11) is 0. The Hall–Kier alpha value is -2.00. The number of hydrogen-bond acceptors (Lipinski definition) is 1. The third kappa shape index (κ3) is 3.37. The molecule has 1 heterocycles. The number of halogens is 2. The zero-order valence-corrected chi connectivity index (χ0v) is 11.5. The minimum atomic E-state index is -3.17. The average molecular weight is 286 g/mol. The van der Waals surface area contributed by atoms with Gasteiger partial charge in [-0.25, -0.2) is 0 Å². The van der Waals surface area contributed by atoms with Crippen LogP contribution in [0.2, 0.25) is 0 Å².